The van der Waals surface area contributed by atoms with Crippen molar-refractivity contribution in [2.75, 3.05) is 13.2 Å². The van der Waals surface area contributed by atoms with E-state index in [1.165, 1.54) is 5.56 Å². The van der Waals surface area contributed by atoms with Crippen LogP contribution in [0, 0.1) is 6.92 Å². The number of aryl methyl sites for hydroxylation is 3. The summed E-state index contributed by atoms with van der Waals surface area (Å²) in [5.74, 6) is 0.515. The molecule has 1 aromatic carbocycles. The molecule has 130 valence electrons. The predicted octanol–water partition coefficient (Wildman–Crippen LogP) is 2.14. The molecule has 1 aliphatic rings. The molecule has 4 rings (SSSR count). The van der Waals surface area contributed by atoms with Crippen molar-refractivity contribution in [1.82, 2.24) is 24.9 Å². The second-order valence-electron chi connectivity index (χ2n) is 6.33. The highest BCUT2D eigenvalue weighted by atomic mass is 16.5. The Bertz CT molecular complexity index is 888. The highest BCUT2D eigenvalue weighted by molar-refractivity contribution is 5.92. The van der Waals surface area contributed by atoms with Crippen LogP contribution in [0.2, 0.25) is 0 Å². The van der Waals surface area contributed by atoms with Crippen molar-refractivity contribution in [3.8, 4) is 5.88 Å². The molecule has 1 N–H and O–H groups in total. The van der Waals surface area contributed by atoms with Gasteiger partial charge in [0.05, 0.1) is 18.3 Å². The van der Waals surface area contributed by atoms with Crippen LogP contribution in [0.3, 0.4) is 0 Å². The summed E-state index contributed by atoms with van der Waals surface area (Å²) >= 11 is 0. The summed E-state index contributed by atoms with van der Waals surface area (Å²) in [5.41, 5.74) is 2.76. The van der Waals surface area contributed by atoms with Crippen LogP contribution in [0.4, 0.5) is 0 Å². The molecule has 1 aliphatic heterocycles. The Morgan fingerprint density at radius 3 is 3.16 bits per heavy atom. The maximum atomic E-state index is 12.2. The molecule has 0 saturated carbocycles. The number of amides is 1. The minimum absolute atomic E-state index is 0.160. The highest BCUT2D eigenvalue weighted by Crippen LogP contribution is 2.18. The molecular formula is C18H21N5O2. The quantitative estimate of drug-likeness (QED) is 0.723. The summed E-state index contributed by atoms with van der Waals surface area (Å²) in [6.07, 6.45) is 3.61. The first-order valence-electron chi connectivity index (χ1n) is 8.62. The van der Waals surface area contributed by atoms with Gasteiger partial charge in [0.2, 0.25) is 5.88 Å². The Balaban J connectivity index is 1.32. The van der Waals surface area contributed by atoms with Crippen molar-refractivity contribution in [1.29, 1.82) is 0 Å². The number of ether oxygens (including phenoxy) is 1. The van der Waals surface area contributed by atoms with Gasteiger partial charge in [0.1, 0.15) is 0 Å². The number of aromatic nitrogens is 4. The minimum Gasteiger partial charge on any atom is -0.478 e. The number of fused-ring (bicyclic) bond motifs is 2. The van der Waals surface area contributed by atoms with Gasteiger partial charge in [0, 0.05) is 37.5 Å². The second-order valence-corrected chi connectivity index (χ2v) is 6.33. The van der Waals surface area contributed by atoms with Crippen LogP contribution in [0.15, 0.2) is 30.5 Å². The van der Waals surface area contributed by atoms with E-state index in [0.717, 1.165) is 36.8 Å². The van der Waals surface area contributed by atoms with Gasteiger partial charge in [0.25, 0.3) is 5.91 Å². The first-order chi connectivity index (χ1) is 12.2. The lowest BCUT2D eigenvalue weighted by Gasteiger charge is -2.13. The van der Waals surface area contributed by atoms with Gasteiger partial charge in [-0.25, -0.2) is 4.68 Å². The third-order valence-corrected chi connectivity index (χ3v) is 4.37. The van der Waals surface area contributed by atoms with Crippen molar-refractivity contribution in [2.45, 2.75) is 32.9 Å². The van der Waals surface area contributed by atoms with Gasteiger partial charge in [-0.2, -0.15) is 10.2 Å². The Morgan fingerprint density at radius 2 is 2.28 bits per heavy atom. The van der Waals surface area contributed by atoms with E-state index < -0.39 is 0 Å². The SMILES string of the molecule is Cc1ccc2cnn(CCCNC(=O)c3cc4n(n3)CCCO4)c2c1. The Kier molecular flexibility index (Phi) is 4.13. The third kappa shape index (κ3) is 3.22. The fraction of sp³-hybridized carbons (Fsp3) is 0.389. The number of carbonyl (C=O) groups excluding carboxylic acids is 1. The van der Waals surface area contributed by atoms with E-state index in [1.54, 1.807) is 10.7 Å². The van der Waals surface area contributed by atoms with E-state index in [4.69, 9.17) is 4.74 Å². The van der Waals surface area contributed by atoms with Crippen LogP contribution >= 0.6 is 0 Å². The number of hydrogen-bond donors (Lipinski definition) is 1. The van der Waals surface area contributed by atoms with Crippen LogP contribution in [-0.4, -0.2) is 38.6 Å². The van der Waals surface area contributed by atoms with Crippen molar-refractivity contribution < 1.29 is 9.53 Å². The van der Waals surface area contributed by atoms with Gasteiger partial charge in [0.15, 0.2) is 5.69 Å². The first kappa shape index (κ1) is 15.7. The molecule has 0 unspecified atom stereocenters. The predicted molar refractivity (Wildman–Crippen MR) is 93.8 cm³/mol. The molecule has 0 spiro atoms. The zero-order chi connectivity index (χ0) is 17.2. The molecule has 7 nitrogen and oxygen atoms in total. The number of nitrogens with zero attached hydrogens (tertiary/aromatic N) is 4. The van der Waals surface area contributed by atoms with Gasteiger partial charge in [-0.1, -0.05) is 12.1 Å². The molecular weight excluding hydrogens is 318 g/mol. The summed E-state index contributed by atoms with van der Waals surface area (Å²) in [4.78, 5) is 12.2. The van der Waals surface area contributed by atoms with Crippen LogP contribution in [0.1, 0.15) is 28.9 Å². The van der Waals surface area contributed by atoms with Crippen molar-refractivity contribution in [3.05, 3.63) is 41.7 Å². The smallest absolute Gasteiger partial charge is 0.271 e. The zero-order valence-electron chi connectivity index (χ0n) is 14.2. The van der Waals surface area contributed by atoms with E-state index in [1.807, 2.05) is 10.9 Å². The van der Waals surface area contributed by atoms with Crippen molar-refractivity contribution >= 4 is 16.8 Å². The van der Waals surface area contributed by atoms with Gasteiger partial charge in [-0.05, 0) is 25.0 Å². The fourth-order valence-electron chi connectivity index (χ4n) is 3.06. The number of hydrogen-bond acceptors (Lipinski definition) is 4. The molecule has 0 saturated heterocycles. The first-order valence-corrected chi connectivity index (χ1v) is 8.62. The zero-order valence-corrected chi connectivity index (χ0v) is 14.2. The molecule has 0 radical (unpaired) electrons. The minimum atomic E-state index is -0.160. The van der Waals surface area contributed by atoms with Crippen LogP contribution in [-0.2, 0) is 13.1 Å². The molecule has 0 atom stereocenters. The molecule has 3 heterocycles. The van der Waals surface area contributed by atoms with Crippen molar-refractivity contribution in [2.24, 2.45) is 0 Å². The van der Waals surface area contributed by atoms with Gasteiger partial charge in [-0.3, -0.25) is 9.48 Å². The number of rotatable bonds is 5. The van der Waals surface area contributed by atoms with Gasteiger partial charge in [-0.15, -0.1) is 0 Å². The molecule has 0 fully saturated rings. The molecule has 0 aliphatic carbocycles. The van der Waals surface area contributed by atoms with E-state index in [-0.39, 0.29) is 5.91 Å². The average Bonchev–Trinajstić information content (AvgIpc) is 3.22. The molecule has 0 bridgehead atoms. The van der Waals surface area contributed by atoms with E-state index >= 15 is 0 Å². The molecule has 1 amide bonds. The Morgan fingerprint density at radius 1 is 1.36 bits per heavy atom. The van der Waals surface area contributed by atoms with Crippen molar-refractivity contribution in [3.63, 3.8) is 0 Å². The average molecular weight is 339 g/mol. The monoisotopic (exact) mass is 339 g/mol. The lowest BCUT2D eigenvalue weighted by Crippen LogP contribution is -2.26. The van der Waals surface area contributed by atoms with E-state index in [9.17, 15) is 4.79 Å². The summed E-state index contributed by atoms with van der Waals surface area (Å²) in [6.45, 7) is 4.90. The van der Waals surface area contributed by atoms with Gasteiger partial charge >= 0.3 is 0 Å². The lowest BCUT2D eigenvalue weighted by atomic mass is 10.2. The molecule has 3 aromatic rings. The third-order valence-electron chi connectivity index (χ3n) is 4.37. The molecule has 2 aromatic heterocycles. The summed E-state index contributed by atoms with van der Waals surface area (Å²) in [5, 5.41) is 12.8. The highest BCUT2D eigenvalue weighted by Gasteiger charge is 2.17. The summed E-state index contributed by atoms with van der Waals surface area (Å²) in [7, 11) is 0. The number of nitrogens with one attached hydrogen (secondary N) is 1. The van der Waals surface area contributed by atoms with E-state index in [0.29, 0.717) is 24.7 Å². The topological polar surface area (TPSA) is 74.0 Å². The van der Waals surface area contributed by atoms with Gasteiger partial charge < -0.3 is 10.1 Å². The second kappa shape index (κ2) is 6.58. The normalized spacial score (nSPS) is 13.5. The van der Waals surface area contributed by atoms with Crippen LogP contribution < -0.4 is 10.1 Å². The molecule has 7 heteroatoms. The lowest BCUT2D eigenvalue weighted by molar-refractivity contribution is 0.0946. The number of benzene rings is 1. The summed E-state index contributed by atoms with van der Waals surface area (Å²) < 4.78 is 9.22. The largest absolute Gasteiger partial charge is 0.478 e. The summed E-state index contributed by atoms with van der Waals surface area (Å²) in [6, 6.07) is 8.01. The maximum Gasteiger partial charge on any atom is 0.271 e. The maximum absolute atomic E-state index is 12.2. The van der Waals surface area contributed by atoms with E-state index in [2.05, 4.69) is 40.6 Å². The Hall–Kier alpha value is -2.83. The fourth-order valence-corrected chi connectivity index (χ4v) is 3.06. The standard InChI is InChI=1S/C18H21N5O2/c1-13-4-5-14-12-20-22(16(14)10-13)7-2-6-19-18(24)15-11-17-23(21-15)8-3-9-25-17/h4-5,10-12H,2-3,6-9H2,1H3,(H,19,24). The Labute approximate surface area is 145 Å². The number of carbonyl (C=O) groups is 1. The van der Waals surface area contributed by atoms with Crippen LogP contribution in [0.25, 0.3) is 10.9 Å². The van der Waals surface area contributed by atoms with Crippen LogP contribution in [0.5, 0.6) is 5.88 Å². The molecule has 25 heavy (non-hydrogen) atoms.